The van der Waals surface area contributed by atoms with Crippen LogP contribution >= 0.6 is 0 Å². The highest BCUT2D eigenvalue weighted by Crippen LogP contribution is 2.34. The van der Waals surface area contributed by atoms with E-state index in [0.717, 1.165) is 24.1 Å². The summed E-state index contributed by atoms with van der Waals surface area (Å²) in [6.45, 7) is 0.489. The van der Waals surface area contributed by atoms with Crippen LogP contribution in [-0.4, -0.2) is 46.2 Å². The van der Waals surface area contributed by atoms with Crippen LogP contribution < -0.4 is 15.2 Å². The van der Waals surface area contributed by atoms with Crippen molar-refractivity contribution >= 4 is 11.9 Å². The van der Waals surface area contributed by atoms with Crippen molar-refractivity contribution in [2.24, 2.45) is 0 Å². The van der Waals surface area contributed by atoms with Gasteiger partial charge in [-0.25, -0.2) is 4.79 Å². The Bertz CT molecular complexity index is 731. The maximum absolute atomic E-state index is 11.3. The second kappa shape index (κ2) is 6.69. The number of likely N-dealkylation sites (tertiary alicyclic amines) is 1. The lowest BCUT2D eigenvalue weighted by Crippen LogP contribution is -2.46. The van der Waals surface area contributed by atoms with Crippen LogP contribution in [0.15, 0.2) is 24.3 Å². The normalized spacial score (nSPS) is 17.5. The zero-order chi connectivity index (χ0) is 17.1. The molecule has 1 aliphatic heterocycles. The van der Waals surface area contributed by atoms with Crippen molar-refractivity contribution in [1.29, 1.82) is 0 Å². The molecule has 1 aromatic carbocycles. The van der Waals surface area contributed by atoms with Gasteiger partial charge in [-0.05, 0) is 25.0 Å². The maximum atomic E-state index is 11.3. The standard InChI is InChI=1S/C16H20N4O4/c1-23-13-8-10(5-6-11(13)12-9-14(17)19-18-12)24-15-4-2-3-7-20(15)16(21)22/h5-6,8-9,15H,2-4,7H2,1H3,(H,21,22)(H3,17,18,19). The summed E-state index contributed by atoms with van der Waals surface area (Å²) in [6.07, 6.45) is 1.03. The predicted molar refractivity (Wildman–Crippen MR) is 88.0 cm³/mol. The minimum absolute atomic E-state index is 0.395. The molecule has 3 rings (SSSR count). The van der Waals surface area contributed by atoms with Crippen LogP contribution in [0.4, 0.5) is 10.6 Å². The number of nitrogen functional groups attached to an aromatic ring is 1. The molecule has 0 saturated carbocycles. The van der Waals surface area contributed by atoms with Crippen molar-refractivity contribution in [3.8, 4) is 22.8 Å². The topological polar surface area (TPSA) is 114 Å². The molecule has 0 radical (unpaired) electrons. The number of ether oxygens (including phenoxy) is 2. The number of rotatable bonds is 4. The Labute approximate surface area is 139 Å². The maximum Gasteiger partial charge on any atom is 0.410 e. The van der Waals surface area contributed by atoms with Crippen LogP contribution in [0.5, 0.6) is 11.5 Å². The number of methoxy groups -OCH3 is 1. The molecule has 2 heterocycles. The van der Waals surface area contributed by atoms with Crippen molar-refractivity contribution < 1.29 is 19.4 Å². The summed E-state index contributed by atoms with van der Waals surface area (Å²) < 4.78 is 11.3. The number of piperidine rings is 1. The van der Waals surface area contributed by atoms with Crippen molar-refractivity contribution in [3.63, 3.8) is 0 Å². The van der Waals surface area contributed by atoms with Gasteiger partial charge in [0.05, 0.1) is 12.8 Å². The Balaban J connectivity index is 1.83. The van der Waals surface area contributed by atoms with E-state index in [9.17, 15) is 9.90 Å². The summed E-state index contributed by atoms with van der Waals surface area (Å²) in [5.41, 5.74) is 7.17. The Kier molecular flexibility index (Phi) is 4.45. The van der Waals surface area contributed by atoms with Crippen LogP contribution in [0.1, 0.15) is 19.3 Å². The van der Waals surface area contributed by atoms with Crippen LogP contribution in [0.2, 0.25) is 0 Å². The van der Waals surface area contributed by atoms with Gasteiger partial charge in [0.25, 0.3) is 0 Å². The van der Waals surface area contributed by atoms with Gasteiger partial charge >= 0.3 is 6.09 Å². The lowest BCUT2D eigenvalue weighted by Gasteiger charge is -2.33. The van der Waals surface area contributed by atoms with Gasteiger partial charge < -0.3 is 20.3 Å². The minimum atomic E-state index is -0.962. The molecule has 8 nitrogen and oxygen atoms in total. The summed E-state index contributed by atoms with van der Waals surface area (Å²) in [5, 5.41) is 16.0. The van der Waals surface area contributed by atoms with Crippen molar-refractivity contribution in [2.75, 3.05) is 19.4 Å². The molecule has 1 aliphatic rings. The van der Waals surface area contributed by atoms with E-state index in [0.29, 0.717) is 30.3 Å². The number of benzene rings is 1. The van der Waals surface area contributed by atoms with Crippen LogP contribution in [-0.2, 0) is 0 Å². The Morgan fingerprint density at radius 2 is 2.25 bits per heavy atom. The number of amides is 1. The average Bonchev–Trinajstić information content (AvgIpc) is 3.01. The number of nitrogens with two attached hydrogens (primary N) is 1. The zero-order valence-corrected chi connectivity index (χ0v) is 13.4. The van der Waals surface area contributed by atoms with Gasteiger partial charge in [0, 0.05) is 30.7 Å². The number of carboxylic acid groups (broad SMARTS) is 1. The molecule has 4 N–H and O–H groups in total. The van der Waals surface area contributed by atoms with E-state index in [4.69, 9.17) is 15.2 Å². The minimum Gasteiger partial charge on any atom is -0.496 e. The largest absolute Gasteiger partial charge is 0.496 e. The molecule has 128 valence electrons. The molecule has 2 aromatic rings. The highest BCUT2D eigenvalue weighted by atomic mass is 16.5. The Hall–Kier alpha value is -2.90. The number of anilines is 1. The molecule has 1 fully saturated rings. The fraction of sp³-hybridized carbons (Fsp3) is 0.375. The predicted octanol–water partition coefficient (Wildman–Crippen LogP) is 2.54. The number of hydrogen-bond acceptors (Lipinski definition) is 5. The van der Waals surface area contributed by atoms with Crippen molar-refractivity contribution in [2.45, 2.75) is 25.5 Å². The summed E-state index contributed by atoms with van der Waals surface area (Å²) in [4.78, 5) is 12.7. The van der Waals surface area contributed by atoms with Crippen LogP contribution in [0.25, 0.3) is 11.3 Å². The quantitative estimate of drug-likeness (QED) is 0.793. The summed E-state index contributed by atoms with van der Waals surface area (Å²) in [6, 6.07) is 7.06. The second-order valence-electron chi connectivity index (χ2n) is 5.61. The number of nitrogens with one attached hydrogen (secondary N) is 1. The van der Waals surface area contributed by atoms with Crippen molar-refractivity contribution in [3.05, 3.63) is 24.3 Å². The molecule has 0 spiro atoms. The van der Waals surface area contributed by atoms with Crippen molar-refractivity contribution in [1.82, 2.24) is 15.1 Å². The van der Waals surface area contributed by atoms with Gasteiger partial charge in [0.2, 0.25) is 0 Å². The average molecular weight is 332 g/mol. The molecule has 1 amide bonds. The van der Waals surface area contributed by atoms with E-state index in [2.05, 4.69) is 10.2 Å². The van der Waals surface area contributed by atoms with E-state index < -0.39 is 12.3 Å². The second-order valence-corrected chi connectivity index (χ2v) is 5.61. The zero-order valence-electron chi connectivity index (χ0n) is 13.4. The molecule has 8 heteroatoms. The van der Waals surface area contributed by atoms with E-state index >= 15 is 0 Å². The Morgan fingerprint density at radius 3 is 2.92 bits per heavy atom. The summed E-state index contributed by atoms with van der Waals surface area (Å²) in [5.74, 6) is 1.54. The fourth-order valence-corrected chi connectivity index (χ4v) is 2.84. The number of carbonyl (C=O) groups is 1. The van der Waals surface area contributed by atoms with Gasteiger partial charge in [0.1, 0.15) is 17.3 Å². The monoisotopic (exact) mass is 332 g/mol. The smallest absolute Gasteiger partial charge is 0.410 e. The molecular formula is C16H20N4O4. The molecule has 1 saturated heterocycles. The summed E-state index contributed by atoms with van der Waals surface area (Å²) >= 11 is 0. The first-order chi connectivity index (χ1) is 11.6. The van der Waals surface area contributed by atoms with E-state index in [-0.39, 0.29) is 0 Å². The molecular weight excluding hydrogens is 312 g/mol. The first-order valence-corrected chi connectivity index (χ1v) is 7.74. The van der Waals surface area contributed by atoms with Gasteiger partial charge in [-0.1, -0.05) is 0 Å². The number of hydrogen-bond donors (Lipinski definition) is 3. The number of aromatic amines is 1. The van der Waals surface area contributed by atoms with E-state index in [1.807, 2.05) is 6.07 Å². The van der Waals surface area contributed by atoms with Gasteiger partial charge in [-0.2, -0.15) is 5.10 Å². The first-order valence-electron chi connectivity index (χ1n) is 7.74. The number of aromatic nitrogens is 2. The SMILES string of the molecule is COc1cc(OC2CCCCN2C(=O)O)ccc1-c1cc(N)n[nH]1. The van der Waals surface area contributed by atoms with E-state index in [1.165, 1.54) is 4.90 Å². The molecule has 0 bridgehead atoms. The first kappa shape index (κ1) is 16.0. The lowest BCUT2D eigenvalue weighted by molar-refractivity contribution is 0.00591. The molecule has 1 unspecified atom stereocenters. The molecule has 1 aromatic heterocycles. The fourth-order valence-electron chi connectivity index (χ4n) is 2.84. The number of H-pyrrole nitrogens is 1. The Morgan fingerprint density at radius 1 is 1.42 bits per heavy atom. The van der Waals surface area contributed by atoms with Crippen LogP contribution in [0.3, 0.4) is 0 Å². The van der Waals surface area contributed by atoms with Gasteiger partial charge in [-0.3, -0.25) is 10.00 Å². The van der Waals surface area contributed by atoms with Gasteiger partial charge in [0.15, 0.2) is 6.23 Å². The van der Waals surface area contributed by atoms with E-state index in [1.54, 1.807) is 25.3 Å². The summed E-state index contributed by atoms with van der Waals surface area (Å²) in [7, 11) is 1.56. The lowest BCUT2D eigenvalue weighted by atomic mass is 10.1. The third-order valence-electron chi connectivity index (χ3n) is 4.03. The third kappa shape index (κ3) is 3.22. The molecule has 1 atom stereocenters. The van der Waals surface area contributed by atoms with Crippen LogP contribution in [0, 0.1) is 0 Å². The molecule has 0 aliphatic carbocycles. The number of nitrogens with zero attached hydrogens (tertiary/aromatic N) is 2. The van der Waals surface area contributed by atoms with Gasteiger partial charge in [-0.15, -0.1) is 0 Å². The third-order valence-corrected chi connectivity index (χ3v) is 4.03. The highest BCUT2D eigenvalue weighted by Gasteiger charge is 2.28. The highest BCUT2D eigenvalue weighted by molar-refractivity contribution is 5.70. The molecule has 24 heavy (non-hydrogen) atoms.